The number of nitrogens with zero attached hydrogens (tertiary/aromatic N) is 5. The van der Waals surface area contributed by atoms with Gasteiger partial charge in [0.05, 0.1) is 6.10 Å². The molecule has 1 aliphatic rings. The summed E-state index contributed by atoms with van der Waals surface area (Å²) in [6.45, 7) is 0.464. The summed E-state index contributed by atoms with van der Waals surface area (Å²) in [5.41, 5.74) is 0.427. The molecule has 1 saturated carbocycles. The molecular weight excluding hydrogens is 262 g/mol. The van der Waals surface area contributed by atoms with E-state index in [2.05, 4.69) is 10.1 Å². The topological polar surface area (TPSA) is 96.8 Å². The largest absolute Gasteiger partial charge is 0.391 e. The standard InChI is InChI=1S/C12H15N5O3/c1-15(7-9(18)8-2-3-8)11-5-4-10-13-6-12(17(19)20)16(10)14-11/h4-6,8-9,18H,2-3,7H2,1H3. The van der Waals surface area contributed by atoms with E-state index in [4.69, 9.17) is 0 Å². The fraction of sp³-hybridized carbons (Fsp3) is 0.500. The van der Waals surface area contributed by atoms with Gasteiger partial charge in [0, 0.05) is 19.7 Å². The number of aliphatic hydroxyl groups excluding tert-OH is 1. The van der Waals surface area contributed by atoms with Crippen LogP contribution in [0.3, 0.4) is 0 Å². The van der Waals surface area contributed by atoms with Gasteiger partial charge in [0.1, 0.15) is 6.20 Å². The van der Waals surface area contributed by atoms with Gasteiger partial charge >= 0.3 is 5.82 Å². The number of aliphatic hydroxyl groups is 1. The Kier molecular flexibility index (Phi) is 3.01. The summed E-state index contributed by atoms with van der Waals surface area (Å²) >= 11 is 0. The summed E-state index contributed by atoms with van der Waals surface area (Å²) in [5.74, 6) is 0.778. The minimum Gasteiger partial charge on any atom is -0.391 e. The SMILES string of the molecule is CN(CC(O)C1CC1)c1ccc2ncc([N+](=O)[O-])n2n1. The molecule has 106 valence electrons. The molecule has 2 aromatic heterocycles. The van der Waals surface area contributed by atoms with Crippen molar-refractivity contribution in [1.29, 1.82) is 0 Å². The first kappa shape index (κ1) is 12.8. The van der Waals surface area contributed by atoms with E-state index in [9.17, 15) is 15.2 Å². The maximum absolute atomic E-state index is 10.9. The highest BCUT2D eigenvalue weighted by Gasteiger charge is 2.30. The molecule has 2 aromatic rings. The average Bonchev–Trinajstić information content (AvgIpc) is 3.17. The number of fused-ring (bicyclic) bond motifs is 1. The Morgan fingerprint density at radius 1 is 1.60 bits per heavy atom. The fourth-order valence-electron chi connectivity index (χ4n) is 2.18. The third-order valence-corrected chi connectivity index (χ3v) is 3.54. The smallest absolute Gasteiger partial charge is 0.368 e. The van der Waals surface area contributed by atoms with Crippen LogP contribution in [0.2, 0.25) is 0 Å². The Morgan fingerprint density at radius 2 is 2.35 bits per heavy atom. The number of likely N-dealkylation sites (N-methyl/N-ethyl adjacent to an activating group) is 1. The van der Waals surface area contributed by atoms with Gasteiger partial charge in [-0.15, -0.1) is 0 Å². The molecule has 1 fully saturated rings. The van der Waals surface area contributed by atoms with Gasteiger partial charge in [-0.1, -0.05) is 9.61 Å². The van der Waals surface area contributed by atoms with Crippen molar-refractivity contribution in [2.75, 3.05) is 18.5 Å². The molecule has 1 N–H and O–H groups in total. The van der Waals surface area contributed by atoms with E-state index in [1.54, 1.807) is 17.0 Å². The Morgan fingerprint density at radius 3 is 3.00 bits per heavy atom. The van der Waals surface area contributed by atoms with Crippen molar-refractivity contribution in [2.24, 2.45) is 5.92 Å². The van der Waals surface area contributed by atoms with Crippen LogP contribution in [0.5, 0.6) is 0 Å². The Labute approximate surface area is 114 Å². The summed E-state index contributed by atoms with van der Waals surface area (Å²) in [4.78, 5) is 16.1. The molecular formula is C12H15N5O3. The van der Waals surface area contributed by atoms with Gasteiger partial charge in [-0.3, -0.25) is 0 Å². The van der Waals surface area contributed by atoms with Crippen molar-refractivity contribution >= 4 is 17.3 Å². The fourth-order valence-corrected chi connectivity index (χ4v) is 2.18. The van der Waals surface area contributed by atoms with Gasteiger partial charge in [-0.05, 0) is 29.7 Å². The van der Waals surface area contributed by atoms with E-state index >= 15 is 0 Å². The first-order valence-electron chi connectivity index (χ1n) is 6.44. The minimum atomic E-state index is -0.518. The maximum atomic E-state index is 10.9. The molecule has 1 atom stereocenters. The van der Waals surface area contributed by atoms with E-state index in [1.807, 2.05) is 7.05 Å². The van der Waals surface area contributed by atoms with Crippen LogP contribution in [0, 0.1) is 16.0 Å². The van der Waals surface area contributed by atoms with Crippen LogP contribution >= 0.6 is 0 Å². The maximum Gasteiger partial charge on any atom is 0.368 e. The predicted molar refractivity (Wildman–Crippen MR) is 71.6 cm³/mol. The van der Waals surface area contributed by atoms with Crippen LogP contribution in [0.4, 0.5) is 11.6 Å². The summed E-state index contributed by atoms with van der Waals surface area (Å²) < 4.78 is 1.20. The second-order valence-electron chi connectivity index (χ2n) is 5.12. The summed E-state index contributed by atoms with van der Waals surface area (Å²) in [7, 11) is 1.81. The van der Waals surface area contributed by atoms with Crippen molar-refractivity contribution in [3.8, 4) is 0 Å². The number of imidazole rings is 1. The Bertz CT molecular complexity index is 652. The normalized spacial score (nSPS) is 16.3. The number of hydrogen-bond acceptors (Lipinski definition) is 6. The lowest BCUT2D eigenvalue weighted by molar-refractivity contribution is -0.391. The lowest BCUT2D eigenvalue weighted by atomic mass is 10.2. The zero-order chi connectivity index (χ0) is 14.3. The number of aromatic nitrogens is 3. The third-order valence-electron chi connectivity index (χ3n) is 3.54. The quantitative estimate of drug-likeness (QED) is 0.642. The first-order valence-corrected chi connectivity index (χ1v) is 6.44. The van der Waals surface area contributed by atoms with Gasteiger partial charge in [0.2, 0.25) is 5.65 Å². The average molecular weight is 277 g/mol. The lowest BCUT2D eigenvalue weighted by Crippen LogP contribution is -2.31. The second kappa shape index (κ2) is 4.71. The molecule has 1 aliphatic carbocycles. The number of rotatable bonds is 5. The molecule has 20 heavy (non-hydrogen) atoms. The number of nitro groups is 1. The molecule has 2 heterocycles. The molecule has 0 spiro atoms. The van der Waals surface area contributed by atoms with Crippen LogP contribution < -0.4 is 4.90 Å². The zero-order valence-electron chi connectivity index (χ0n) is 11.0. The zero-order valence-corrected chi connectivity index (χ0v) is 11.0. The highest BCUT2D eigenvalue weighted by atomic mass is 16.6. The number of anilines is 1. The van der Waals surface area contributed by atoms with Crippen LogP contribution in [-0.2, 0) is 0 Å². The number of hydrogen-bond donors (Lipinski definition) is 1. The summed E-state index contributed by atoms with van der Waals surface area (Å²) in [5, 5.41) is 25.0. The van der Waals surface area contributed by atoms with Crippen molar-refractivity contribution < 1.29 is 10.0 Å². The van der Waals surface area contributed by atoms with Crippen molar-refractivity contribution in [2.45, 2.75) is 18.9 Å². The molecule has 8 heteroatoms. The molecule has 0 amide bonds. The molecule has 1 unspecified atom stereocenters. The monoisotopic (exact) mass is 277 g/mol. The van der Waals surface area contributed by atoms with E-state index in [0.717, 1.165) is 12.8 Å². The van der Waals surface area contributed by atoms with Crippen molar-refractivity contribution in [1.82, 2.24) is 14.6 Å². The molecule has 8 nitrogen and oxygen atoms in total. The minimum absolute atomic E-state index is 0.169. The predicted octanol–water partition coefficient (Wildman–Crippen LogP) is 0.845. The lowest BCUT2D eigenvalue weighted by Gasteiger charge is -2.20. The molecule has 0 aromatic carbocycles. The second-order valence-corrected chi connectivity index (χ2v) is 5.12. The van der Waals surface area contributed by atoms with E-state index < -0.39 is 4.92 Å². The van der Waals surface area contributed by atoms with Crippen LogP contribution in [0.15, 0.2) is 18.3 Å². The highest BCUT2D eigenvalue weighted by molar-refractivity contribution is 5.49. The van der Waals surface area contributed by atoms with E-state index in [1.165, 1.54) is 10.7 Å². The Hall–Kier alpha value is -2.22. The molecule has 0 aliphatic heterocycles. The Balaban J connectivity index is 1.86. The van der Waals surface area contributed by atoms with Gasteiger partial charge < -0.3 is 20.1 Å². The summed E-state index contributed by atoms with van der Waals surface area (Å²) in [6.07, 6.45) is 2.93. The van der Waals surface area contributed by atoms with Crippen molar-refractivity contribution in [3.63, 3.8) is 0 Å². The summed E-state index contributed by atoms with van der Waals surface area (Å²) in [6, 6.07) is 3.42. The highest BCUT2D eigenvalue weighted by Crippen LogP contribution is 2.33. The van der Waals surface area contributed by atoms with Gasteiger partial charge in [0.15, 0.2) is 5.82 Å². The first-order chi connectivity index (χ1) is 9.56. The van der Waals surface area contributed by atoms with E-state index in [0.29, 0.717) is 23.9 Å². The van der Waals surface area contributed by atoms with Crippen LogP contribution in [0.1, 0.15) is 12.8 Å². The van der Waals surface area contributed by atoms with E-state index in [-0.39, 0.29) is 11.9 Å². The van der Waals surface area contributed by atoms with Crippen molar-refractivity contribution in [3.05, 3.63) is 28.4 Å². The third kappa shape index (κ3) is 2.29. The van der Waals surface area contributed by atoms with Gasteiger partial charge in [-0.2, -0.15) is 0 Å². The molecule has 0 bridgehead atoms. The van der Waals surface area contributed by atoms with Gasteiger partial charge in [-0.25, -0.2) is 4.98 Å². The van der Waals surface area contributed by atoms with Crippen LogP contribution in [0.25, 0.3) is 5.65 Å². The molecule has 0 radical (unpaired) electrons. The molecule has 3 rings (SSSR count). The van der Waals surface area contributed by atoms with Gasteiger partial charge in [0.25, 0.3) is 0 Å². The van der Waals surface area contributed by atoms with Crippen LogP contribution in [-0.4, -0.2) is 44.3 Å². The molecule has 0 saturated heterocycles.